The molecule has 32 heavy (non-hydrogen) atoms. The molecule has 2 unspecified atom stereocenters. The number of hydrogen-bond donors (Lipinski definition) is 0. The summed E-state index contributed by atoms with van der Waals surface area (Å²) < 4.78 is 35.5. The highest BCUT2D eigenvalue weighted by Crippen LogP contribution is 2.55. The smallest absolute Gasteiger partial charge is 0.203 e. The van der Waals surface area contributed by atoms with Gasteiger partial charge in [0.15, 0.2) is 23.0 Å². The molecule has 176 valence electrons. The fourth-order valence-electron chi connectivity index (χ4n) is 4.73. The Kier molecular flexibility index (Phi) is 8.17. The maximum Gasteiger partial charge on any atom is 0.203 e. The summed E-state index contributed by atoms with van der Waals surface area (Å²) in [6.07, 6.45) is 3.81. The monoisotopic (exact) mass is 508 g/mol. The Balaban J connectivity index is 2.12. The van der Waals surface area contributed by atoms with Gasteiger partial charge in [0.2, 0.25) is 5.75 Å². The SMILES string of the molecule is CCCOc1c(Br)cc(C2CCCC2(OC)c2cc(OC)c(OC)c(OC)c2)cc1OC. The first-order valence-corrected chi connectivity index (χ1v) is 11.6. The molecule has 6 nitrogen and oxygen atoms in total. The number of benzene rings is 2. The zero-order chi connectivity index (χ0) is 23.3. The molecule has 0 amide bonds. The van der Waals surface area contributed by atoms with Gasteiger partial charge in [0.1, 0.15) is 0 Å². The average molecular weight is 509 g/mol. The van der Waals surface area contributed by atoms with Crippen molar-refractivity contribution >= 4 is 15.9 Å². The van der Waals surface area contributed by atoms with E-state index in [4.69, 9.17) is 28.4 Å². The first kappa shape index (κ1) is 24.5. The van der Waals surface area contributed by atoms with Gasteiger partial charge in [0, 0.05) is 13.0 Å². The molecule has 0 spiro atoms. The van der Waals surface area contributed by atoms with Crippen molar-refractivity contribution < 1.29 is 28.4 Å². The van der Waals surface area contributed by atoms with E-state index in [0.717, 1.165) is 47.0 Å². The van der Waals surface area contributed by atoms with Crippen molar-refractivity contribution in [3.8, 4) is 28.7 Å². The topological polar surface area (TPSA) is 55.4 Å². The van der Waals surface area contributed by atoms with E-state index in [-0.39, 0.29) is 5.92 Å². The Morgan fingerprint density at radius 2 is 1.50 bits per heavy atom. The molecule has 0 radical (unpaired) electrons. The van der Waals surface area contributed by atoms with E-state index in [1.54, 1.807) is 35.5 Å². The van der Waals surface area contributed by atoms with Gasteiger partial charge < -0.3 is 28.4 Å². The highest BCUT2D eigenvalue weighted by molar-refractivity contribution is 9.10. The largest absolute Gasteiger partial charge is 0.493 e. The summed E-state index contributed by atoms with van der Waals surface area (Å²) in [5, 5.41) is 0. The van der Waals surface area contributed by atoms with Crippen LogP contribution in [-0.2, 0) is 10.3 Å². The lowest BCUT2D eigenvalue weighted by Crippen LogP contribution is -2.31. The zero-order valence-corrected chi connectivity index (χ0v) is 21.3. The fraction of sp³-hybridized carbons (Fsp3) is 0.520. The van der Waals surface area contributed by atoms with Crippen molar-refractivity contribution in [3.63, 3.8) is 0 Å². The van der Waals surface area contributed by atoms with Crippen LogP contribution < -0.4 is 23.7 Å². The van der Waals surface area contributed by atoms with E-state index in [1.807, 2.05) is 12.1 Å². The van der Waals surface area contributed by atoms with Crippen LogP contribution in [0.15, 0.2) is 28.7 Å². The van der Waals surface area contributed by atoms with Crippen molar-refractivity contribution in [2.24, 2.45) is 0 Å². The first-order chi connectivity index (χ1) is 15.5. The number of methoxy groups -OCH3 is 5. The minimum absolute atomic E-state index is 0.112. The van der Waals surface area contributed by atoms with Crippen molar-refractivity contribution in [2.45, 2.75) is 44.1 Å². The van der Waals surface area contributed by atoms with Crippen LogP contribution in [0.1, 0.15) is 49.7 Å². The molecule has 2 aromatic rings. The zero-order valence-electron chi connectivity index (χ0n) is 19.7. The summed E-state index contributed by atoms with van der Waals surface area (Å²) in [6, 6.07) is 8.18. The van der Waals surface area contributed by atoms with Gasteiger partial charge >= 0.3 is 0 Å². The quantitative estimate of drug-likeness (QED) is 0.387. The Morgan fingerprint density at radius 1 is 0.875 bits per heavy atom. The van der Waals surface area contributed by atoms with Crippen LogP contribution in [0.5, 0.6) is 28.7 Å². The van der Waals surface area contributed by atoms with Gasteiger partial charge in [-0.1, -0.05) is 6.92 Å². The second-order valence-electron chi connectivity index (χ2n) is 7.84. The van der Waals surface area contributed by atoms with Gasteiger partial charge in [0.25, 0.3) is 0 Å². The molecular weight excluding hydrogens is 476 g/mol. The third-order valence-electron chi connectivity index (χ3n) is 6.23. The molecule has 0 heterocycles. The fourth-order valence-corrected chi connectivity index (χ4v) is 5.30. The van der Waals surface area contributed by atoms with Crippen LogP contribution in [0, 0.1) is 0 Å². The maximum absolute atomic E-state index is 6.29. The second kappa shape index (κ2) is 10.7. The number of rotatable bonds is 10. The maximum atomic E-state index is 6.29. The van der Waals surface area contributed by atoms with Crippen LogP contribution in [0.25, 0.3) is 0 Å². The molecule has 0 aromatic heterocycles. The van der Waals surface area contributed by atoms with Crippen molar-refractivity contribution in [1.29, 1.82) is 0 Å². The number of ether oxygens (including phenoxy) is 6. The van der Waals surface area contributed by atoms with E-state index < -0.39 is 5.60 Å². The van der Waals surface area contributed by atoms with E-state index in [9.17, 15) is 0 Å². The molecule has 2 aromatic carbocycles. The van der Waals surface area contributed by atoms with Crippen LogP contribution in [0.4, 0.5) is 0 Å². The summed E-state index contributed by atoms with van der Waals surface area (Å²) in [5.74, 6) is 3.36. The number of halogens is 1. The molecule has 1 aliphatic rings. The highest BCUT2D eigenvalue weighted by Gasteiger charge is 2.46. The molecule has 3 rings (SSSR count). The van der Waals surface area contributed by atoms with Crippen molar-refractivity contribution in [2.75, 3.05) is 42.2 Å². The third kappa shape index (κ3) is 4.37. The first-order valence-electron chi connectivity index (χ1n) is 10.8. The summed E-state index contributed by atoms with van der Waals surface area (Å²) in [4.78, 5) is 0. The van der Waals surface area contributed by atoms with Gasteiger partial charge in [-0.15, -0.1) is 0 Å². The van der Waals surface area contributed by atoms with Gasteiger partial charge in [-0.3, -0.25) is 0 Å². The molecule has 0 saturated heterocycles. The van der Waals surface area contributed by atoms with Gasteiger partial charge in [-0.05, 0) is 77.0 Å². The molecule has 1 saturated carbocycles. The van der Waals surface area contributed by atoms with Crippen molar-refractivity contribution in [3.05, 3.63) is 39.9 Å². The summed E-state index contributed by atoms with van der Waals surface area (Å²) in [5.41, 5.74) is 1.59. The summed E-state index contributed by atoms with van der Waals surface area (Å²) in [6.45, 7) is 2.71. The third-order valence-corrected chi connectivity index (χ3v) is 6.82. The number of hydrogen-bond acceptors (Lipinski definition) is 6. The van der Waals surface area contributed by atoms with Crippen LogP contribution in [-0.4, -0.2) is 42.2 Å². The highest BCUT2D eigenvalue weighted by atomic mass is 79.9. The molecular formula is C25H33BrO6. The van der Waals surface area contributed by atoms with E-state index in [2.05, 4.69) is 35.0 Å². The minimum Gasteiger partial charge on any atom is -0.493 e. The van der Waals surface area contributed by atoms with Crippen molar-refractivity contribution in [1.82, 2.24) is 0 Å². The minimum atomic E-state index is -0.539. The van der Waals surface area contributed by atoms with E-state index in [1.165, 1.54) is 0 Å². The Hall–Kier alpha value is -2.12. The predicted molar refractivity (Wildman–Crippen MR) is 128 cm³/mol. The lowest BCUT2D eigenvalue weighted by Gasteiger charge is -2.36. The lowest BCUT2D eigenvalue weighted by atomic mass is 9.79. The van der Waals surface area contributed by atoms with Crippen LogP contribution in [0.2, 0.25) is 0 Å². The lowest BCUT2D eigenvalue weighted by molar-refractivity contribution is -0.0242. The van der Waals surface area contributed by atoms with E-state index in [0.29, 0.717) is 29.6 Å². The Labute approximate surface area is 199 Å². The second-order valence-corrected chi connectivity index (χ2v) is 8.69. The van der Waals surface area contributed by atoms with Gasteiger partial charge in [-0.25, -0.2) is 0 Å². The predicted octanol–water partition coefficient (Wildman–Crippen LogP) is 6.08. The van der Waals surface area contributed by atoms with Gasteiger partial charge in [-0.2, -0.15) is 0 Å². The summed E-state index contributed by atoms with van der Waals surface area (Å²) in [7, 11) is 8.30. The average Bonchev–Trinajstić information content (AvgIpc) is 3.27. The Bertz CT molecular complexity index is 906. The molecule has 1 aliphatic carbocycles. The molecule has 2 atom stereocenters. The van der Waals surface area contributed by atoms with Crippen LogP contribution >= 0.6 is 15.9 Å². The Morgan fingerprint density at radius 3 is 2.03 bits per heavy atom. The molecule has 0 aliphatic heterocycles. The van der Waals surface area contributed by atoms with Gasteiger partial charge in [0.05, 0.1) is 45.1 Å². The molecule has 0 bridgehead atoms. The van der Waals surface area contributed by atoms with E-state index >= 15 is 0 Å². The molecule has 7 heteroatoms. The normalized spacial score (nSPS) is 20.2. The summed E-state index contributed by atoms with van der Waals surface area (Å²) >= 11 is 3.69. The van der Waals surface area contributed by atoms with Crippen LogP contribution in [0.3, 0.4) is 0 Å². The molecule has 1 fully saturated rings. The molecule has 0 N–H and O–H groups in total. The standard InChI is InChI=1S/C25H33BrO6/c1-7-11-32-23-19(26)12-16(13-20(23)27-2)18-9-8-10-25(18,31-6)17-14-21(28-3)24(30-5)22(15-17)29-4/h12-15,18H,7-11H2,1-6H3.